The Morgan fingerprint density at radius 2 is 1.87 bits per heavy atom. The fraction of sp³-hybridized carbons (Fsp3) is 0.500. The second-order valence-corrected chi connectivity index (χ2v) is 4.59. The minimum absolute atomic E-state index is 0.202. The van der Waals surface area contributed by atoms with E-state index in [1.165, 1.54) is 0 Å². The third kappa shape index (κ3) is 3.05. The molecule has 0 radical (unpaired) electrons. The van der Waals surface area contributed by atoms with Gasteiger partial charge in [0.05, 0.1) is 0 Å². The zero-order valence-electron chi connectivity index (χ0n) is 9.43. The highest BCUT2D eigenvalue weighted by Crippen LogP contribution is 2.27. The summed E-state index contributed by atoms with van der Waals surface area (Å²) < 4.78 is 0. The van der Waals surface area contributed by atoms with E-state index in [9.17, 15) is 10.1 Å². The molecule has 0 aromatic heterocycles. The molecule has 1 aromatic carbocycles. The van der Waals surface area contributed by atoms with E-state index < -0.39 is 5.54 Å². The molecule has 0 saturated carbocycles. The van der Waals surface area contributed by atoms with Crippen molar-refractivity contribution in [2.75, 3.05) is 0 Å². The number of nitro groups is 1. The van der Waals surface area contributed by atoms with Crippen molar-refractivity contribution in [2.24, 2.45) is 0 Å². The summed E-state index contributed by atoms with van der Waals surface area (Å²) in [7, 11) is 0. The Bertz CT molecular complexity index is 333. The molecule has 0 fully saturated rings. The molecule has 0 aliphatic rings. The van der Waals surface area contributed by atoms with Crippen LogP contribution in [0.15, 0.2) is 30.3 Å². The lowest BCUT2D eigenvalue weighted by molar-refractivity contribution is -0.562. The van der Waals surface area contributed by atoms with Gasteiger partial charge in [0.15, 0.2) is 0 Å². The molecule has 0 amide bonds. The number of rotatable bonds is 4. The van der Waals surface area contributed by atoms with Crippen LogP contribution in [-0.4, -0.2) is 10.5 Å². The van der Waals surface area contributed by atoms with Crippen molar-refractivity contribution in [3.8, 4) is 0 Å². The molecule has 0 heterocycles. The van der Waals surface area contributed by atoms with E-state index in [0.29, 0.717) is 6.42 Å². The summed E-state index contributed by atoms with van der Waals surface area (Å²) in [5.41, 5.74) is 0.308. The monoisotopic (exact) mass is 207 g/mol. The van der Waals surface area contributed by atoms with Crippen molar-refractivity contribution in [1.29, 1.82) is 0 Å². The molecular weight excluding hydrogens is 190 g/mol. The van der Waals surface area contributed by atoms with Crippen LogP contribution in [-0.2, 0) is 0 Å². The van der Waals surface area contributed by atoms with E-state index >= 15 is 0 Å². The molecule has 1 rings (SSSR count). The Morgan fingerprint density at radius 3 is 2.33 bits per heavy atom. The van der Waals surface area contributed by atoms with Gasteiger partial charge in [-0.3, -0.25) is 10.1 Å². The maximum Gasteiger partial charge on any atom is 0.217 e. The zero-order valence-corrected chi connectivity index (χ0v) is 9.43. The van der Waals surface area contributed by atoms with Gasteiger partial charge in [-0.05, 0) is 11.5 Å². The second-order valence-electron chi connectivity index (χ2n) is 4.59. The number of hydrogen-bond donors (Lipinski definition) is 0. The Balaban J connectivity index is 2.72. The SMILES string of the molecule is CC(CC(C)(C)[N+](=O)[O-])c1ccccc1. The Morgan fingerprint density at radius 1 is 1.33 bits per heavy atom. The highest BCUT2D eigenvalue weighted by Gasteiger charge is 2.32. The Hall–Kier alpha value is -1.38. The van der Waals surface area contributed by atoms with Crippen molar-refractivity contribution in [2.45, 2.75) is 38.6 Å². The van der Waals surface area contributed by atoms with Crippen LogP contribution in [0.1, 0.15) is 38.7 Å². The Kier molecular flexibility index (Phi) is 3.45. The summed E-state index contributed by atoms with van der Waals surface area (Å²) in [5.74, 6) is 0.214. The van der Waals surface area contributed by atoms with Crippen LogP contribution in [0.25, 0.3) is 0 Å². The maximum atomic E-state index is 10.8. The summed E-state index contributed by atoms with van der Waals surface area (Å²) in [4.78, 5) is 10.6. The van der Waals surface area contributed by atoms with Crippen LogP contribution < -0.4 is 0 Å². The first-order valence-electron chi connectivity index (χ1n) is 5.13. The van der Waals surface area contributed by atoms with E-state index in [1.807, 2.05) is 37.3 Å². The summed E-state index contributed by atoms with van der Waals surface area (Å²) in [6, 6.07) is 9.91. The molecule has 3 nitrogen and oxygen atoms in total. The van der Waals surface area contributed by atoms with Crippen LogP contribution in [0.5, 0.6) is 0 Å². The first-order chi connectivity index (χ1) is 6.93. The fourth-order valence-electron chi connectivity index (χ4n) is 1.72. The summed E-state index contributed by atoms with van der Waals surface area (Å²) in [5, 5.41) is 10.8. The van der Waals surface area contributed by atoms with Crippen molar-refractivity contribution in [3.63, 3.8) is 0 Å². The smallest absolute Gasteiger partial charge is 0.217 e. The molecule has 82 valence electrons. The van der Waals surface area contributed by atoms with Gasteiger partial charge in [-0.2, -0.15) is 0 Å². The van der Waals surface area contributed by atoms with Gasteiger partial charge in [0.25, 0.3) is 0 Å². The van der Waals surface area contributed by atoms with E-state index in [0.717, 1.165) is 5.56 Å². The summed E-state index contributed by atoms with van der Waals surface area (Å²) >= 11 is 0. The zero-order chi connectivity index (χ0) is 11.5. The first-order valence-corrected chi connectivity index (χ1v) is 5.13. The van der Waals surface area contributed by atoms with Gasteiger partial charge < -0.3 is 0 Å². The third-order valence-corrected chi connectivity index (χ3v) is 2.67. The predicted octanol–water partition coefficient (Wildman–Crippen LogP) is 3.24. The lowest BCUT2D eigenvalue weighted by Gasteiger charge is -2.20. The largest absolute Gasteiger partial charge is 0.264 e. The summed E-state index contributed by atoms with van der Waals surface area (Å²) in [6.07, 6.45) is 0.560. The standard InChI is InChI=1S/C12H17NO2/c1-10(9-12(2,3)13(14)15)11-7-5-4-6-8-11/h4-8,10H,9H2,1-3H3. The van der Waals surface area contributed by atoms with Gasteiger partial charge in [0, 0.05) is 25.2 Å². The van der Waals surface area contributed by atoms with Gasteiger partial charge in [0.2, 0.25) is 5.54 Å². The van der Waals surface area contributed by atoms with Crippen molar-refractivity contribution >= 4 is 0 Å². The van der Waals surface area contributed by atoms with Crippen LogP contribution in [0, 0.1) is 10.1 Å². The molecule has 1 unspecified atom stereocenters. The van der Waals surface area contributed by atoms with E-state index in [2.05, 4.69) is 0 Å². The lowest BCUT2D eigenvalue weighted by atomic mass is 9.88. The van der Waals surface area contributed by atoms with Crippen LogP contribution >= 0.6 is 0 Å². The number of benzene rings is 1. The number of hydrogen-bond acceptors (Lipinski definition) is 2. The van der Waals surface area contributed by atoms with Crippen LogP contribution in [0.2, 0.25) is 0 Å². The highest BCUT2D eigenvalue weighted by atomic mass is 16.6. The lowest BCUT2D eigenvalue weighted by Crippen LogP contribution is -2.32. The average molecular weight is 207 g/mol. The topological polar surface area (TPSA) is 43.1 Å². The Labute approximate surface area is 90.3 Å². The van der Waals surface area contributed by atoms with Crippen molar-refractivity contribution in [3.05, 3.63) is 46.0 Å². The van der Waals surface area contributed by atoms with Gasteiger partial charge in [-0.15, -0.1) is 0 Å². The molecule has 1 aromatic rings. The molecule has 0 aliphatic carbocycles. The average Bonchev–Trinajstić information content (AvgIpc) is 2.18. The van der Waals surface area contributed by atoms with E-state index in [1.54, 1.807) is 13.8 Å². The minimum atomic E-state index is -0.852. The first kappa shape index (κ1) is 11.7. The van der Waals surface area contributed by atoms with E-state index in [-0.39, 0.29) is 10.8 Å². The molecular formula is C12H17NO2. The highest BCUT2D eigenvalue weighted by molar-refractivity contribution is 5.19. The number of nitrogens with zero attached hydrogens (tertiary/aromatic N) is 1. The predicted molar refractivity (Wildman–Crippen MR) is 60.5 cm³/mol. The van der Waals surface area contributed by atoms with Gasteiger partial charge >= 0.3 is 0 Å². The third-order valence-electron chi connectivity index (χ3n) is 2.67. The molecule has 15 heavy (non-hydrogen) atoms. The van der Waals surface area contributed by atoms with Crippen molar-refractivity contribution < 1.29 is 4.92 Å². The molecule has 3 heteroatoms. The van der Waals surface area contributed by atoms with Gasteiger partial charge in [-0.25, -0.2) is 0 Å². The molecule has 1 atom stereocenters. The quantitative estimate of drug-likeness (QED) is 0.562. The molecule has 0 spiro atoms. The van der Waals surface area contributed by atoms with E-state index in [4.69, 9.17) is 0 Å². The van der Waals surface area contributed by atoms with Gasteiger partial charge in [-0.1, -0.05) is 37.3 Å². The minimum Gasteiger partial charge on any atom is -0.264 e. The molecule has 0 saturated heterocycles. The van der Waals surface area contributed by atoms with Crippen LogP contribution in [0.3, 0.4) is 0 Å². The molecule has 0 bridgehead atoms. The normalized spacial score (nSPS) is 13.5. The summed E-state index contributed by atoms with van der Waals surface area (Å²) in [6.45, 7) is 5.37. The second kappa shape index (κ2) is 4.43. The molecule has 0 N–H and O–H groups in total. The maximum absolute atomic E-state index is 10.8. The molecule has 0 aliphatic heterocycles. The van der Waals surface area contributed by atoms with Gasteiger partial charge in [0.1, 0.15) is 0 Å². The van der Waals surface area contributed by atoms with Crippen LogP contribution in [0.4, 0.5) is 0 Å². The van der Waals surface area contributed by atoms with Crippen molar-refractivity contribution in [1.82, 2.24) is 0 Å². The fourth-order valence-corrected chi connectivity index (χ4v) is 1.72.